The lowest BCUT2D eigenvalue weighted by Gasteiger charge is -2.20. The second-order valence-electron chi connectivity index (χ2n) is 6.49. The Bertz CT molecular complexity index is 983. The molecule has 0 saturated carbocycles. The van der Waals surface area contributed by atoms with Crippen LogP contribution in [0.5, 0.6) is 5.75 Å². The van der Waals surface area contributed by atoms with Crippen molar-refractivity contribution in [2.75, 3.05) is 12.4 Å². The lowest BCUT2D eigenvalue weighted by molar-refractivity contribution is 0.0696. The van der Waals surface area contributed by atoms with Crippen molar-refractivity contribution in [2.45, 2.75) is 12.5 Å². The highest BCUT2D eigenvalue weighted by molar-refractivity contribution is 6.30. The summed E-state index contributed by atoms with van der Waals surface area (Å²) in [5.41, 5.74) is 2.42. The van der Waals surface area contributed by atoms with Gasteiger partial charge in [0.15, 0.2) is 5.78 Å². The van der Waals surface area contributed by atoms with Crippen molar-refractivity contribution in [3.05, 3.63) is 94.5 Å². The van der Waals surface area contributed by atoms with Crippen LogP contribution >= 0.6 is 11.6 Å². The van der Waals surface area contributed by atoms with Crippen molar-refractivity contribution in [3.8, 4) is 5.75 Å². The van der Waals surface area contributed by atoms with Gasteiger partial charge in [-0.05, 0) is 66.2 Å². The van der Waals surface area contributed by atoms with E-state index >= 15 is 0 Å². The number of aromatic carboxylic acids is 1. The summed E-state index contributed by atoms with van der Waals surface area (Å²) in [6.45, 7) is 0. The maximum Gasteiger partial charge on any atom is 0.335 e. The van der Waals surface area contributed by atoms with Gasteiger partial charge in [0.2, 0.25) is 0 Å². The van der Waals surface area contributed by atoms with Gasteiger partial charge in [-0.3, -0.25) is 4.79 Å². The van der Waals surface area contributed by atoms with E-state index in [9.17, 15) is 9.59 Å². The number of benzene rings is 3. The highest BCUT2D eigenvalue weighted by atomic mass is 35.5. The van der Waals surface area contributed by atoms with Crippen molar-refractivity contribution < 1.29 is 19.4 Å². The van der Waals surface area contributed by atoms with Gasteiger partial charge >= 0.3 is 5.97 Å². The molecule has 0 bridgehead atoms. The summed E-state index contributed by atoms with van der Waals surface area (Å²) in [5.74, 6) is -0.291. The van der Waals surface area contributed by atoms with E-state index in [1.54, 1.807) is 43.5 Å². The number of halogens is 1. The van der Waals surface area contributed by atoms with Gasteiger partial charge in [-0.2, -0.15) is 0 Å². The van der Waals surface area contributed by atoms with E-state index in [0.29, 0.717) is 10.6 Å². The Morgan fingerprint density at radius 1 is 0.931 bits per heavy atom. The number of rotatable bonds is 8. The predicted molar refractivity (Wildman–Crippen MR) is 113 cm³/mol. The number of carboxylic acid groups (broad SMARTS) is 1. The Morgan fingerprint density at radius 3 is 2.07 bits per heavy atom. The number of hydrogen-bond acceptors (Lipinski definition) is 4. The summed E-state index contributed by atoms with van der Waals surface area (Å²) in [4.78, 5) is 23.9. The zero-order valence-corrected chi connectivity index (χ0v) is 16.5. The van der Waals surface area contributed by atoms with Crippen LogP contribution < -0.4 is 10.1 Å². The highest BCUT2D eigenvalue weighted by Gasteiger charge is 2.18. The lowest BCUT2D eigenvalue weighted by atomic mass is 9.97. The molecule has 1 unspecified atom stereocenters. The number of carbonyl (C=O) groups is 2. The number of carbonyl (C=O) groups excluding carboxylic acids is 1. The third-order valence-electron chi connectivity index (χ3n) is 4.55. The molecule has 0 aromatic heterocycles. The average Bonchev–Trinajstić information content (AvgIpc) is 2.74. The molecule has 148 valence electrons. The number of ketones is 1. The monoisotopic (exact) mass is 409 g/mol. The quantitative estimate of drug-likeness (QED) is 0.482. The van der Waals surface area contributed by atoms with Crippen LogP contribution in [0.3, 0.4) is 0 Å². The topological polar surface area (TPSA) is 75.6 Å². The van der Waals surface area contributed by atoms with Crippen molar-refractivity contribution in [2.24, 2.45) is 0 Å². The minimum absolute atomic E-state index is 0.0304. The Labute approximate surface area is 173 Å². The Kier molecular flexibility index (Phi) is 6.52. The molecule has 0 fully saturated rings. The number of ether oxygens (including phenoxy) is 1. The molecule has 0 heterocycles. The number of anilines is 1. The average molecular weight is 410 g/mol. The van der Waals surface area contributed by atoms with Crippen LogP contribution in [0.15, 0.2) is 72.8 Å². The van der Waals surface area contributed by atoms with Crippen LogP contribution in [0.2, 0.25) is 5.02 Å². The molecule has 3 aromatic carbocycles. The summed E-state index contributed by atoms with van der Waals surface area (Å²) in [6, 6.07) is 20.4. The molecule has 0 radical (unpaired) electrons. The largest absolute Gasteiger partial charge is 0.497 e. The molecule has 0 aliphatic heterocycles. The molecule has 0 spiro atoms. The van der Waals surface area contributed by atoms with Crippen LogP contribution in [0.4, 0.5) is 5.69 Å². The van der Waals surface area contributed by atoms with E-state index in [1.807, 2.05) is 24.3 Å². The van der Waals surface area contributed by atoms with Crippen molar-refractivity contribution >= 4 is 29.0 Å². The van der Waals surface area contributed by atoms with Gasteiger partial charge in [-0.15, -0.1) is 0 Å². The predicted octanol–water partition coefficient (Wildman–Crippen LogP) is 5.47. The standard InChI is InChI=1S/C23H20ClNO4/c1-29-20-12-6-15(7-13-20)21(14-22(26)16-2-8-18(24)9-3-16)25-19-10-4-17(5-11-19)23(27)28/h2-13,21,25H,14H2,1H3,(H,27,28). The summed E-state index contributed by atoms with van der Waals surface area (Å²) < 4.78 is 5.21. The maximum atomic E-state index is 12.8. The first-order valence-corrected chi connectivity index (χ1v) is 9.36. The molecule has 0 aliphatic carbocycles. The summed E-state index contributed by atoms with van der Waals surface area (Å²) >= 11 is 5.91. The molecular formula is C23H20ClNO4. The Morgan fingerprint density at radius 2 is 1.52 bits per heavy atom. The van der Waals surface area contributed by atoms with E-state index in [1.165, 1.54) is 12.1 Å². The highest BCUT2D eigenvalue weighted by Crippen LogP contribution is 2.27. The zero-order chi connectivity index (χ0) is 20.8. The zero-order valence-electron chi connectivity index (χ0n) is 15.8. The van der Waals surface area contributed by atoms with E-state index in [-0.39, 0.29) is 23.8 Å². The van der Waals surface area contributed by atoms with Crippen LogP contribution in [-0.2, 0) is 0 Å². The van der Waals surface area contributed by atoms with E-state index < -0.39 is 5.97 Å². The number of carboxylic acids is 1. The fraction of sp³-hybridized carbons (Fsp3) is 0.130. The smallest absolute Gasteiger partial charge is 0.335 e. The molecule has 0 amide bonds. The first-order valence-electron chi connectivity index (χ1n) is 8.99. The first-order chi connectivity index (χ1) is 14.0. The van der Waals surface area contributed by atoms with Gasteiger partial charge in [0.25, 0.3) is 0 Å². The second kappa shape index (κ2) is 9.26. The molecular weight excluding hydrogens is 390 g/mol. The van der Waals surface area contributed by atoms with Gasteiger partial charge in [0.05, 0.1) is 18.7 Å². The third kappa shape index (κ3) is 5.36. The van der Waals surface area contributed by atoms with Crippen molar-refractivity contribution in [3.63, 3.8) is 0 Å². The molecule has 6 heteroatoms. The summed E-state index contributed by atoms with van der Waals surface area (Å²) in [7, 11) is 1.60. The minimum atomic E-state index is -0.985. The molecule has 0 aliphatic rings. The number of Topliss-reactive ketones (excluding diaryl/α,β-unsaturated/α-hetero) is 1. The fourth-order valence-corrected chi connectivity index (χ4v) is 3.06. The molecule has 2 N–H and O–H groups in total. The third-order valence-corrected chi connectivity index (χ3v) is 4.80. The van der Waals surface area contributed by atoms with Gasteiger partial charge in [-0.25, -0.2) is 4.79 Å². The van der Waals surface area contributed by atoms with Gasteiger partial charge in [0.1, 0.15) is 5.75 Å². The van der Waals surface area contributed by atoms with Crippen LogP contribution in [-0.4, -0.2) is 24.0 Å². The second-order valence-corrected chi connectivity index (χ2v) is 6.92. The molecule has 29 heavy (non-hydrogen) atoms. The number of nitrogens with one attached hydrogen (secondary N) is 1. The molecule has 1 atom stereocenters. The van der Waals surface area contributed by atoms with Crippen LogP contribution in [0.25, 0.3) is 0 Å². The van der Waals surface area contributed by atoms with Crippen LogP contribution in [0, 0.1) is 0 Å². The van der Waals surface area contributed by atoms with E-state index in [0.717, 1.165) is 17.0 Å². The van der Waals surface area contributed by atoms with Gasteiger partial charge in [-0.1, -0.05) is 23.7 Å². The van der Waals surface area contributed by atoms with Crippen molar-refractivity contribution in [1.29, 1.82) is 0 Å². The Hall–Kier alpha value is -3.31. The summed E-state index contributed by atoms with van der Waals surface area (Å²) in [6.07, 6.45) is 0.217. The minimum Gasteiger partial charge on any atom is -0.497 e. The number of methoxy groups -OCH3 is 1. The van der Waals surface area contributed by atoms with Gasteiger partial charge < -0.3 is 15.2 Å². The van der Waals surface area contributed by atoms with Gasteiger partial charge in [0, 0.05) is 22.7 Å². The molecule has 3 aromatic rings. The Balaban J connectivity index is 1.84. The number of hydrogen-bond donors (Lipinski definition) is 2. The molecule has 3 rings (SSSR count). The van der Waals surface area contributed by atoms with E-state index in [4.69, 9.17) is 21.4 Å². The maximum absolute atomic E-state index is 12.8. The lowest BCUT2D eigenvalue weighted by Crippen LogP contribution is -2.16. The van der Waals surface area contributed by atoms with Crippen molar-refractivity contribution in [1.82, 2.24) is 0 Å². The summed E-state index contributed by atoms with van der Waals surface area (Å²) in [5, 5.41) is 13.0. The van der Waals surface area contributed by atoms with Crippen LogP contribution in [0.1, 0.15) is 38.7 Å². The molecule has 0 saturated heterocycles. The van der Waals surface area contributed by atoms with E-state index in [2.05, 4.69) is 5.32 Å². The first kappa shape index (κ1) is 20.4. The fourth-order valence-electron chi connectivity index (χ4n) is 2.94. The SMILES string of the molecule is COc1ccc(C(CC(=O)c2ccc(Cl)cc2)Nc2ccc(C(=O)O)cc2)cc1. The molecule has 5 nitrogen and oxygen atoms in total. The normalized spacial score (nSPS) is 11.5.